The Labute approximate surface area is 410 Å². The van der Waals surface area contributed by atoms with Crippen LogP contribution in [0.25, 0.3) is 86.3 Å². The molecule has 2 nitrogen and oxygen atoms in total. The first-order valence-corrected chi connectivity index (χ1v) is 25.3. The number of anilines is 2. The van der Waals surface area contributed by atoms with Gasteiger partial charge in [-0.2, -0.15) is 0 Å². The van der Waals surface area contributed by atoms with Crippen molar-refractivity contribution in [2.24, 2.45) is 0 Å². The van der Waals surface area contributed by atoms with Gasteiger partial charge in [0.25, 0.3) is 0 Å². The van der Waals surface area contributed by atoms with Crippen LogP contribution >= 0.6 is 11.3 Å². The molecule has 69 heavy (non-hydrogen) atoms. The molecule has 12 rings (SSSR count). The number of hydrogen-bond donors (Lipinski definition) is 0. The molecule has 3 heteroatoms. The largest absolute Gasteiger partial charge is 0.333 e. The van der Waals surface area contributed by atoms with E-state index < -0.39 is 0 Å². The molecule has 0 aliphatic heterocycles. The number of nitrogens with zero attached hydrogens (tertiary/aromatic N) is 2. The van der Waals surface area contributed by atoms with Crippen molar-refractivity contribution in [1.29, 1.82) is 0 Å². The van der Waals surface area contributed by atoms with E-state index in [4.69, 9.17) is 0 Å². The summed E-state index contributed by atoms with van der Waals surface area (Å²) >= 11 is 1.88. The molecule has 1 aliphatic carbocycles. The maximum Gasteiger partial charge on any atom is 0.0632 e. The molecule has 0 saturated heterocycles. The summed E-state index contributed by atoms with van der Waals surface area (Å²) in [5, 5.41) is 7.65. The Morgan fingerprint density at radius 1 is 0.507 bits per heavy atom. The number of fused-ring (bicyclic) bond motifs is 7. The SMILES string of the molecule is CC(C)(C)c1cc(-c2cccc3cccc(C4=CC=CCC4N(c4cccc(-c5cccc6c7ccccc7n(-c7ccccc7)c56)c4)c4cccc5sc6ccccc6c45)c23)cc(C(C)(C)C)c1. The minimum atomic E-state index is -0.0224. The summed E-state index contributed by atoms with van der Waals surface area (Å²) in [6, 6.07) is 72.8. The van der Waals surface area contributed by atoms with Crippen LogP contribution < -0.4 is 4.90 Å². The van der Waals surface area contributed by atoms with Crippen LogP contribution in [0.3, 0.4) is 0 Å². The van der Waals surface area contributed by atoms with Crippen LogP contribution in [0.5, 0.6) is 0 Å². The zero-order valence-corrected chi connectivity index (χ0v) is 41.1. The van der Waals surface area contributed by atoms with Crippen molar-refractivity contribution in [2.75, 3.05) is 4.90 Å². The lowest BCUT2D eigenvalue weighted by Gasteiger charge is -2.37. The summed E-state index contributed by atoms with van der Waals surface area (Å²) in [4.78, 5) is 2.67. The average molecular weight is 909 g/mol. The highest BCUT2D eigenvalue weighted by Crippen LogP contribution is 2.48. The van der Waals surface area contributed by atoms with E-state index in [1.807, 2.05) is 11.3 Å². The Balaban J connectivity index is 1.10. The number of aromatic nitrogens is 1. The van der Waals surface area contributed by atoms with Crippen molar-refractivity contribution in [2.45, 2.75) is 64.8 Å². The fraction of sp³-hybridized carbons (Fsp3) is 0.152. The zero-order valence-electron chi connectivity index (χ0n) is 40.3. The van der Waals surface area contributed by atoms with Crippen LogP contribution in [-0.2, 0) is 10.8 Å². The highest BCUT2D eigenvalue weighted by atomic mass is 32.1. The van der Waals surface area contributed by atoms with Crippen LogP contribution in [0.2, 0.25) is 0 Å². The van der Waals surface area contributed by atoms with Crippen molar-refractivity contribution < 1.29 is 0 Å². The van der Waals surface area contributed by atoms with Gasteiger partial charge < -0.3 is 9.47 Å². The second kappa shape index (κ2) is 16.6. The number of benzene rings is 9. The molecule has 336 valence electrons. The van der Waals surface area contributed by atoms with Gasteiger partial charge in [0.15, 0.2) is 0 Å². The van der Waals surface area contributed by atoms with Crippen LogP contribution in [0.4, 0.5) is 11.4 Å². The smallest absolute Gasteiger partial charge is 0.0632 e. The van der Waals surface area contributed by atoms with Crippen molar-refractivity contribution >= 4 is 81.0 Å². The van der Waals surface area contributed by atoms with Crippen molar-refractivity contribution in [3.8, 4) is 27.9 Å². The van der Waals surface area contributed by atoms with Gasteiger partial charge in [-0.3, -0.25) is 0 Å². The van der Waals surface area contributed by atoms with E-state index in [1.54, 1.807) is 0 Å². The third-order valence-corrected chi connectivity index (χ3v) is 15.6. The quantitative estimate of drug-likeness (QED) is 0.155. The molecule has 1 unspecified atom stereocenters. The predicted octanol–water partition coefficient (Wildman–Crippen LogP) is 18.8. The summed E-state index contributed by atoms with van der Waals surface area (Å²) < 4.78 is 5.05. The van der Waals surface area contributed by atoms with Crippen LogP contribution in [0.15, 0.2) is 212 Å². The number of hydrogen-bond acceptors (Lipinski definition) is 2. The fourth-order valence-corrected chi connectivity index (χ4v) is 12.1. The Kier molecular flexibility index (Phi) is 10.3. The third kappa shape index (κ3) is 7.39. The normalized spacial score (nSPS) is 14.3. The molecule has 9 aromatic carbocycles. The topological polar surface area (TPSA) is 8.17 Å². The third-order valence-electron chi connectivity index (χ3n) is 14.4. The minimum absolute atomic E-state index is 0.00323. The number of allylic oxidation sites excluding steroid dienone is 2. The van der Waals surface area contributed by atoms with E-state index in [-0.39, 0.29) is 16.9 Å². The van der Waals surface area contributed by atoms with Gasteiger partial charge in [0.2, 0.25) is 0 Å². The lowest BCUT2D eigenvalue weighted by molar-refractivity contribution is 0.569. The molecule has 0 bridgehead atoms. The van der Waals surface area contributed by atoms with Crippen LogP contribution in [0, 0.1) is 0 Å². The van der Waals surface area contributed by atoms with Crippen molar-refractivity contribution in [3.63, 3.8) is 0 Å². The van der Waals surface area contributed by atoms with Gasteiger partial charge in [0, 0.05) is 47.9 Å². The number of thiophene rings is 1. The first-order valence-electron chi connectivity index (χ1n) is 24.4. The molecule has 2 heterocycles. The highest BCUT2D eigenvalue weighted by Gasteiger charge is 2.31. The molecule has 2 aromatic heterocycles. The molecule has 0 amide bonds. The maximum atomic E-state index is 2.67. The summed E-state index contributed by atoms with van der Waals surface area (Å²) in [7, 11) is 0. The second-order valence-corrected chi connectivity index (χ2v) is 22.0. The number of para-hydroxylation sites is 3. The lowest BCUT2D eigenvalue weighted by Crippen LogP contribution is -2.33. The molecule has 11 aromatic rings. The predicted molar refractivity (Wildman–Crippen MR) is 300 cm³/mol. The van der Waals surface area contributed by atoms with Gasteiger partial charge in [-0.05, 0) is 116 Å². The molecule has 0 saturated carbocycles. The first kappa shape index (κ1) is 42.9. The van der Waals surface area contributed by atoms with Crippen molar-refractivity contribution in [1.82, 2.24) is 4.57 Å². The van der Waals surface area contributed by atoms with E-state index >= 15 is 0 Å². The maximum absolute atomic E-state index is 2.67. The van der Waals surface area contributed by atoms with Gasteiger partial charge in [-0.1, -0.05) is 205 Å². The van der Waals surface area contributed by atoms with Gasteiger partial charge in [-0.15, -0.1) is 11.3 Å². The van der Waals surface area contributed by atoms with Gasteiger partial charge >= 0.3 is 0 Å². The summed E-state index contributed by atoms with van der Waals surface area (Å²) in [6.07, 6.45) is 7.89. The van der Waals surface area contributed by atoms with E-state index in [0.29, 0.717) is 0 Å². The van der Waals surface area contributed by atoms with Gasteiger partial charge in [0.1, 0.15) is 0 Å². The molecule has 0 fully saturated rings. The second-order valence-electron chi connectivity index (χ2n) is 20.9. The van der Waals surface area contributed by atoms with Crippen molar-refractivity contribution in [3.05, 3.63) is 229 Å². The standard InChI is InChI=1S/C66H56N2S/c1-65(2,3)46-39-45(40-47(42-46)66(4,5)6)50-30-17-21-43-22-18-32-54(62(43)50)52-27-10-13-34-57(52)67(59-36-20-38-61-63(59)56-29-12-15-37-60(56)69-61)49-26-16-23-44(41-49)51-31-19-33-55-53-28-11-14-35-58(53)68(64(51)55)48-24-8-7-9-25-48/h7-33,35-42,57H,34H2,1-6H3. The monoisotopic (exact) mass is 908 g/mol. The van der Waals surface area contributed by atoms with Crippen LogP contribution in [-0.4, -0.2) is 10.6 Å². The summed E-state index contributed by atoms with van der Waals surface area (Å²) in [5.74, 6) is 0. The van der Waals surface area contributed by atoms with Gasteiger partial charge in [0.05, 0.1) is 22.8 Å². The molecule has 0 radical (unpaired) electrons. The van der Waals surface area contributed by atoms with E-state index in [1.165, 1.54) is 103 Å². The summed E-state index contributed by atoms with van der Waals surface area (Å²) in [5.41, 5.74) is 16.2. The van der Waals surface area contributed by atoms with Crippen LogP contribution in [0.1, 0.15) is 64.7 Å². The molecule has 0 N–H and O–H groups in total. The number of rotatable bonds is 7. The Bertz CT molecular complexity index is 3810. The molecular formula is C66H56N2S. The highest BCUT2D eigenvalue weighted by molar-refractivity contribution is 7.26. The van der Waals surface area contributed by atoms with Gasteiger partial charge in [-0.25, -0.2) is 0 Å². The Morgan fingerprint density at radius 2 is 1.14 bits per heavy atom. The molecule has 0 spiro atoms. The fourth-order valence-electron chi connectivity index (χ4n) is 11.0. The first-order chi connectivity index (χ1) is 33.5. The lowest BCUT2D eigenvalue weighted by atomic mass is 9.78. The Hall–Kier alpha value is -7.46. The minimum Gasteiger partial charge on any atom is -0.333 e. The zero-order chi connectivity index (χ0) is 47.0. The average Bonchev–Trinajstić information content (AvgIpc) is 3.93. The molecule has 1 atom stereocenters. The molecular weight excluding hydrogens is 853 g/mol. The van der Waals surface area contributed by atoms with E-state index in [9.17, 15) is 0 Å². The van der Waals surface area contributed by atoms with E-state index in [2.05, 4.69) is 263 Å². The summed E-state index contributed by atoms with van der Waals surface area (Å²) in [6.45, 7) is 14.0. The molecule has 1 aliphatic rings. The van der Waals surface area contributed by atoms with E-state index in [0.717, 1.165) is 17.8 Å². The Morgan fingerprint density at radius 3 is 1.93 bits per heavy atom.